The molecule has 1 amide bonds. The van der Waals surface area contributed by atoms with Crippen molar-refractivity contribution in [2.45, 2.75) is 12.8 Å². The molecule has 2 heteroatoms. The topological polar surface area (TPSA) is 29.1 Å². The average Bonchev–Trinajstić information content (AvgIpc) is 2.48. The van der Waals surface area contributed by atoms with Crippen LogP contribution >= 0.6 is 0 Å². The van der Waals surface area contributed by atoms with Crippen LogP contribution in [0.5, 0.6) is 0 Å². The molecule has 0 aliphatic carbocycles. The van der Waals surface area contributed by atoms with Gasteiger partial charge in [-0.3, -0.25) is 4.79 Å². The zero-order valence-electron chi connectivity index (χ0n) is 6.36. The van der Waals surface area contributed by atoms with Crippen molar-refractivity contribution in [1.82, 2.24) is 5.32 Å². The second-order valence-electron chi connectivity index (χ2n) is 1.45. The predicted molar refractivity (Wildman–Crippen MR) is 44.8 cm³/mol. The van der Waals surface area contributed by atoms with Crippen molar-refractivity contribution in [2.24, 2.45) is 0 Å². The number of carbonyl (C=O) groups is 1. The van der Waals surface area contributed by atoms with E-state index in [1.54, 1.807) is 0 Å². The summed E-state index contributed by atoms with van der Waals surface area (Å²) in [5, 5.41) is 2.68. The fourth-order valence-corrected chi connectivity index (χ4v) is 0.565. The van der Waals surface area contributed by atoms with Crippen LogP contribution in [0.2, 0.25) is 0 Å². The van der Waals surface area contributed by atoms with Crippen LogP contribution in [-0.4, -0.2) is 12.5 Å². The Morgan fingerprint density at radius 1 is 1.20 bits per heavy atom. The van der Waals surface area contributed by atoms with Gasteiger partial charge in [0.25, 0.3) is 0 Å². The Balaban J connectivity index is 0. The largest absolute Gasteiger partial charge is 0.356 e. The summed E-state index contributed by atoms with van der Waals surface area (Å²) >= 11 is 0. The van der Waals surface area contributed by atoms with E-state index in [2.05, 4.69) is 31.6 Å². The molecule has 1 saturated heterocycles. The number of hydrogen-bond acceptors (Lipinski definition) is 1. The Kier molecular flexibility index (Phi) is 12.7. The molecule has 0 saturated carbocycles. The van der Waals surface area contributed by atoms with Crippen LogP contribution in [0.25, 0.3) is 0 Å². The van der Waals surface area contributed by atoms with Gasteiger partial charge in [-0.2, -0.15) is 0 Å². The van der Waals surface area contributed by atoms with Crippen molar-refractivity contribution < 1.29 is 4.79 Å². The highest BCUT2D eigenvalue weighted by molar-refractivity contribution is 5.77. The van der Waals surface area contributed by atoms with Crippen molar-refractivity contribution in [2.75, 3.05) is 6.54 Å². The molecule has 1 rings (SSSR count). The third-order valence-corrected chi connectivity index (χ3v) is 0.903. The summed E-state index contributed by atoms with van der Waals surface area (Å²) in [6.07, 6.45) is 1.76. The van der Waals surface area contributed by atoms with Crippen molar-refractivity contribution in [3.8, 4) is 0 Å². The SMILES string of the molecule is C=C.C=C.O=C1CCCN1. The van der Waals surface area contributed by atoms with E-state index in [4.69, 9.17) is 0 Å². The highest BCUT2D eigenvalue weighted by atomic mass is 16.1. The summed E-state index contributed by atoms with van der Waals surface area (Å²) in [5.41, 5.74) is 0. The molecule has 2 nitrogen and oxygen atoms in total. The summed E-state index contributed by atoms with van der Waals surface area (Å²) in [7, 11) is 0. The van der Waals surface area contributed by atoms with Crippen molar-refractivity contribution in [3.05, 3.63) is 26.3 Å². The second kappa shape index (κ2) is 10.8. The molecule has 0 bridgehead atoms. The van der Waals surface area contributed by atoms with Gasteiger partial charge in [0.1, 0.15) is 0 Å². The van der Waals surface area contributed by atoms with E-state index in [0.717, 1.165) is 19.4 Å². The zero-order valence-corrected chi connectivity index (χ0v) is 6.36. The van der Waals surface area contributed by atoms with Gasteiger partial charge in [-0.15, -0.1) is 26.3 Å². The zero-order chi connectivity index (χ0) is 8.41. The molecule has 0 spiro atoms. The first-order valence-electron chi connectivity index (χ1n) is 3.16. The van der Waals surface area contributed by atoms with E-state index in [1.807, 2.05) is 0 Å². The molecule has 0 atom stereocenters. The number of nitrogens with one attached hydrogen (secondary N) is 1. The summed E-state index contributed by atoms with van der Waals surface area (Å²) in [4.78, 5) is 10.1. The first kappa shape index (κ1) is 11.7. The van der Waals surface area contributed by atoms with Crippen molar-refractivity contribution in [3.63, 3.8) is 0 Å². The third kappa shape index (κ3) is 6.95. The molecule has 0 aromatic heterocycles. The molecule has 1 N–H and O–H groups in total. The maximum absolute atomic E-state index is 10.1. The van der Waals surface area contributed by atoms with Gasteiger partial charge < -0.3 is 5.32 Å². The standard InChI is InChI=1S/C4H7NO.2C2H4/c6-4-2-1-3-5-4;2*1-2/h1-3H2,(H,5,6);2*1-2H2. The summed E-state index contributed by atoms with van der Waals surface area (Å²) in [5.74, 6) is 0.204. The summed E-state index contributed by atoms with van der Waals surface area (Å²) in [6.45, 7) is 12.9. The van der Waals surface area contributed by atoms with Gasteiger partial charge in [-0.25, -0.2) is 0 Å². The lowest BCUT2D eigenvalue weighted by Gasteiger charge is -1.80. The van der Waals surface area contributed by atoms with E-state index in [1.165, 1.54) is 0 Å². The van der Waals surface area contributed by atoms with Crippen LogP contribution in [0.15, 0.2) is 26.3 Å². The quantitative estimate of drug-likeness (QED) is 0.509. The molecule has 0 unspecified atom stereocenters. The number of rotatable bonds is 0. The van der Waals surface area contributed by atoms with E-state index in [0.29, 0.717) is 0 Å². The minimum atomic E-state index is 0.204. The number of hydrogen-bond donors (Lipinski definition) is 1. The van der Waals surface area contributed by atoms with Gasteiger partial charge in [0.2, 0.25) is 5.91 Å². The fraction of sp³-hybridized carbons (Fsp3) is 0.375. The molecule has 1 fully saturated rings. The van der Waals surface area contributed by atoms with Crippen LogP contribution in [0, 0.1) is 0 Å². The van der Waals surface area contributed by atoms with Crippen molar-refractivity contribution in [1.29, 1.82) is 0 Å². The van der Waals surface area contributed by atoms with Crippen LogP contribution in [0.1, 0.15) is 12.8 Å². The van der Waals surface area contributed by atoms with E-state index < -0.39 is 0 Å². The lowest BCUT2D eigenvalue weighted by molar-refractivity contribution is -0.119. The normalized spacial score (nSPS) is 13.4. The minimum absolute atomic E-state index is 0.204. The van der Waals surface area contributed by atoms with Gasteiger partial charge in [-0.1, -0.05) is 0 Å². The van der Waals surface area contributed by atoms with Crippen LogP contribution < -0.4 is 5.32 Å². The summed E-state index contributed by atoms with van der Waals surface area (Å²) < 4.78 is 0. The average molecular weight is 141 g/mol. The van der Waals surface area contributed by atoms with E-state index >= 15 is 0 Å². The Bertz CT molecular complexity index is 81.3. The van der Waals surface area contributed by atoms with Crippen LogP contribution in [0.3, 0.4) is 0 Å². The van der Waals surface area contributed by atoms with E-state index in [9.17, 15) is 4.79 Å². The molecule has 1 heterocycles. The molecule has 0 aromatic carbocycles. The number of amides is 1. The first-order valence-corrected chi connectivity index (χ1v) is 3.16. The molecule has 58 valence electrons. The monoisotopic (exact) mass is 141 g/mol. The van der Waals surface area contributed by atoms with Crippen molar-refractivity contribution >= 4 is 5.91 Å². The molecule has 1 aliphatic heterocycles. The van der Waals surface area contributed by atoms with Gasteiger partial charge in [0, 0.05) is 13.0 Å². The fourth-order valence-electron chi connectivity index (χ4n) is 0.565. The second-order valence-corrected chi connectivity index (χ2v) is 1.45. The molecular formula is C8H15NO. The third-order valence-electron chi connectivity index (χ3n) is 0.903. The lowest BCUT2D eigenvalue weighted by Crippen LogP contribution is -2.12. The summed E-state index contributed by atoms with van der Waals surface area (Å²) in [6, 6.07) is 0. The van der Waals surface area contributed by atoms with Gasteiger partial charge >= 0.3 is 0 Å². The lowest BCUT2D eigenvalue weighted by atomic mass is 10.4. The maximum atomic E-state index is 10.1. The Hall–Kier alpha value is -1.05. The van der Waals surface area contributed by atoms with E-state index in [-0.39, 0.29) is 5.91 Å². The van der Waals surface area contributed by atoms with Crippen LogP contribution in [-0.2, 0) is 4.79 Å². The highest BCUT2D eigenvalue weighted by Gasteiger charge is 2.05. The predicted octanol–water partition coefficient (Wildman–Crippen LogP) is 1.50. The van der Waals surface area contributed by atoms with Gasteiger partial charge in [0.15, 0.2) is 0 Å². The Labute approximate surface area is 62.6 Å². The van der Waals surface area contributed by atoms with Gasteiger partial charge in [-0.05, 0) is 6.42 Å². The number of carbonyl (C=O) groups excluding carboxylic acids is 1. The highest BCUT2D eigenvalue weighted by Crippen LogP contribution is 1.93. The minimum Gasteiger partial charge on any atom is -0.356 e. The Morgan fingerprint density at radius 3 is 1.80 bits per heavy atom. The molecule has 10 heavy (non-hydrogen) atoms. The smallest absolute Gasteiger partial charge is 0.220 e. The Morgan fingerprint density at radius 2 is 1.70 bits per heavy atom. The first-order chi connectivity index (χ1) is 4.89. The van der Waals surface area contributed by atoms with Gasteiger partial charge in [0.05, 0.1) is 0 Å². The van der Waals surface area contributed by atoms with Crippen LogP contribution in [0.4, 0.5) is 0 Å². The molecule has 0 aromatic rings. The molecular weight excluding hydrogens is 126 g/mol. The molecule has 1 aliphatic rings. The maximum Gasteiger partial charge on any atom is 0.220 e. The molecule has 0 radical (unpaired) electrons.